The van der Waals surface area contributed by atoms with Gasteiger partial charge in [-0.2, -0.15) is 0 Å². The summed E-state index contributed by atoms with van der Waals surface area (Å²) >= 11 is 0. The van der Waals surface area contributed by atoms with Crippen LogP contribution in [0.25, 0.3) is 54.9 Å². The number of fused-ring (bicyclic) bond motifs is 5. The molecule has 0 unspecified atom stereocenters. The zero-order valence-corrected chi connectivity index (χ0v) is 22.8. The van der Waals surface area contributed by atoms with Crippen molar-refractivity contribution in [2.24, 2.45) is 0 Å². The molecular weight excluding hydrogens is 456 g/mol. The van der Waals surface area contributed by atoms with Crippen LogP contribution in [0.1, 0.15) is 41.7 Å². The fourth-order valence-corrected chi connectivity index (χ4v) is 6.89. The number of rotatable bonds is 2. The van der Waals surface area contributed by atoms with Gasteiger partial charge >= 0.3 is 0 Å². The molecule has 1 aliphatic rings. The van der Waals surface area contributed by atoms with Gasteiger partial charge in [-0.15, -0.1) is 0 Å². The topological polar surface area (TPSA) is 0 Å². The summed E-state index contributed by atoms with van der Waals surface area (Å²) < 4.78 is 0. The summed E-state index contributed by atoms with van der Waals surface area (Å²) in [5, 5.41) is 5.27. The van der Waals surface area contributed by atoms with Crippen LogP contribution in [-0.4, -0.2) is 0 Å². The minimum atomic E-state index is -0.0253. The zero-order valence-electron chi connectivity index (χ0n) is 22.8. The highest BCUT2D eigenvalue weighted by Crippen LogP contribution is 2.51. The molecule has 6 aromatic carbocycles. The van der Waals surface area contributed by atoms with Crippen molar-refractivity contribution in [1.82, 2.24) is 0 Å². The third kappa shape index (κ3) is 3.30. The van der Waals surface area contributed by atoms with E-state index in [9.17, 15) is 0 Å². The Morgan fingerprint density at radius 3 is 1.76 bits per heavy atom. The highest BCUT2D eigenvalue weighted by molar-refractivity contribution is 6.21. The van der Waals surface area contributed by atoms with E-state index in [0.717, 1.165) is 0 Å². The summed E-state index contributed by atoms with van der Waals surface area (Å²) in [6, 6.07) is 39.0. The van der Waals surface area contributed by atoms with Crippen molar-refractivity contribution >= 4 is 21.5 Å². The summed E-state index contributed by atoms with van der Waals surface area (Å²) in [5.74, 6) is 0. The van der Waals surface area contributed by atoms with Crippen LogP contribution in [0, 0.1) is 20.8 Å². The smallest absolute Gasteiger partial charge is 0.0159 e. The lowest BCUT2D eigenvalue weighted by atomic mass is 9.80. The van der Waals surface area contributed by atoms with Crippen LogP contribution in [0.3, 0.4) is 0 Å². The first-order valence-corrected chi connectivity index (χ1v) is 13.6. The van der Waals surface area contributed by atoms with Crippen molar-refractivity contribution in [3.05, 3.63) is 131 Å². The maximum atomic E-state index is 2.47. The van der Waals surface area contributed by atoms with Crippen molar-refractivity contribution in [3.8, 4) is 33.4 Å². The quantitative estimate of drug-likeness (QED) is 0.213. The zero-order chi connectivity index (χ0) is 26.2. The van der Waals surface area contributed by atoms with Crippen LogP contribution in [0.4, 0.5) is 0 Å². The highest BCUT2D eigenvalue weighted by Gasteiger charge is 2.35. The van der Waals surface area contributed by atoms with Gasteiger partial charge in [0.2, 0.25) is 0 Å². The van der Waals surface area contributed by atoms with Gasteiger partial charge in [0.05, 0.1) is 0 Å². The molecule has 0 fully saturated rings. The third-order valence-corrected chi connectivity index (χ3v) is 8.56. The normalized spacial score (nSPS) is 13.6. The van der Waals surface area contributed by atoms with Crippen molar-refractivity contribution < 1.29 is 0 Å². The van der Waals surface area contributed by atoms with Gasteiger partial charge in [0, 0.05) is 5.41 Å². The monoisotopic (exact) mass is 488 g/mol. The van der Waals surface area contributed by atoms with Gasteiger partial charge in [0.1, 0.15) is 0 Å². The summed E-state index contributed by atoms with van der Waals surface area (Å²) in [6.45, 7) is 11.3. The van der Waals surface area contributed by atoms with E-state index in [-0.39, 0.29) is 5.41 Å². The maximum absolute atomic E-state index is 2.47. The average molecular weight is 489 g/mol. The van der Waals surface area contributed by atoms with Crippen LogP contribution in [-0.2, 0) is 5.41 Å². The van der Waals surface area contributed by atoms with E-state index in [1.165, 1.54) is 82.7 Å². The van der Waals surface area contributed by atoms with Crippen molar-refractivity contribution in [2.45, 2.75) is 40.0 Å². The van der Waals surface area contributed by atoms with E-state index in [4.69, 9.17) is 0 Å². The first-order chi connectivity index (χ1) is 18.3. The highest BCUT2D eigenvalue weighted by atomic mass is 14.4. The SMILES string of the molecule is Cc1cc(C)cc(-c2c3ccccc3c(-c3ccc4c(c3)C(C)(C)c3ccccc3-4)c3cc(C)ccc23)c1. The molecule has 6 aromatic rings. The van der Waals surface area contributed by atoms with E-state index in [2.05, 4.69) is 138 Å². The lowest BCUT2D eigenvalue weighted by Gasteiger charge is -2.23. The second-order valence-electron chi connectivity index (χ2n) is 11.7. The first-order valence-electron chi connectivity index (χ1n) is 13.6. The Balaban J connectivity index is 1.59. The molecule has 0 saturated heterocycles. The molecule has 0 radical (unpaired) electrons. The molecule has 7 rings (SSSR count). The third-order valence-electron chi connectivity index (χ3n) is 8.56. The summed E-state index contributed by atoms with van der Waals surface area (Å²) in [7, 11) is 0. The van der Waals surface area contributed by atoms with E-state index in [1.807, 2.05) is 0 Å². The van der Waals surface area contributed by atoms with Crippen LogP contribution >= 0.6 is 0 Å². The Morgan fingerprint density at radius 2 is 1.03 bits per heavy atom. The van der Waals surface area contributed by atoms with E-state index < -0.39 is 0 Å². The van der Waals surface area contributed by atoms with E-state index in [1.54, 1.807) is 0 Å². The minimum Gasteiger partial charge on any atom is -0.0619 e. The van der Waals surface area contributed by atoms with Crippen molar-refractivity contribution in [2.75, 3.05) is 0 Å². The Kier molecular flexibility index (Phi) is 4.94. The van der Waals surface area contributed by atoms with Gasteiger partial charge < -0.3 is 0 Å². The molecule has 0 saturated carbocycles. The molecule has 0 amide bonds. The van der Waals surface area contributed by atoms with Gasteiger partial charge in [-0.1, -0.05) is 128 Å². The summed E-state index contributed by atoms with van der Waals surface area (Å²) in [4.78, 5) is 0. The lowest BCUT2D eigenvalue weighted by Crippen LogP contribution is -2.14. The van der Waals surface area contributed by atoms with E-state index >= 15 is 0 Å². The van der Waals surface area contributed by atoms with Crippen LogP contribution < -0.4 is 0 Å². The molecule has 0 aromatic heterocycles. The van der Waals surface area contributed by atoms with Crippen molar-refractivity contribution in [3.63, 3.8) is 0 Å². The van der Waals surface area contributed by atoms with Crippen LogP contribution in [0.2, 0.25) is 0 Å². The first kappa shape index (κ1) is 23.0. The van der Waals surface area contributed by atoms with Crippen LogP contribution in [0.5, 0.6) is 0 Å². The number of hydrogen-bond donors (Lipinski definition) is 0. The molecule has 0 heterocycles. The minimum absolute atomic E-state index is 0.0253. The van der Waals surface area contributed by atoms with Crippen LogP contribution in [0.15, 0.2) is 103 Å². The summed E-state index contributed by atoms with van der Waals surface area (Å²) in [5.41, 5.74) is 14.7. The fourth-order valence-electron chi connectivity index (χ4n) is 6.89. The molecule has 38 heavy (non-hydrogen) atoms. The Bertz CT molecular complexity index is 1900. The second-order valence-corrected chi connectivity index (χ2v) is 11.7. The molecule has 0 nitrogen and oxygen atoms in total. The average Bonchev–Trinajstić information content (AvgIpc) is 3.13. The maximum Gasteiger partial charge on any atom is 0.0159 e. The van der Waals surface area contributed by atoms with Gasteiger partial charge in [-0.05, 0) is 92.9 Å². The standard InChI is InChI=1S/C38H32/c1-23-14-16-32-33(21-23)36(26-15-17-29-28-10-8-9-13-34(28)38(4,5)35(29)22-26)30-11-6-7-12-31(30)37(32)27-19-24(2)18-25(3)20-27/h6-22H,1-5H3. The largest absolute Gasteiger partial charge is 0.0619 e. The molecule has 0 heteroatoms. The summed E-state index contributed by atoms with van der Waals surface area (Å²) in [6.07, 6.45) is 0. The molecule has 0 spiro atoms. The molecular formula is C38H32. The molecule has 0 atom stereocenters. The molecule has 184 valence electrons. The second kappa shape index (κ2) is 8.17. The Labute approximate surface area is 225 Å². The van der Waals surface area contributed by atoms with Gasteiger partial charge in [0.15, 0.2) is 0 Å². The number of hydrogen-bond acceptors (Lipinski definition) is 0. The van der Waals surface area contributed by atoms with Gasteiger partial charge in [-0.25, -0.2) is 0 Å². The molecule has 0 aliphatic heterocycles. The predicted molar refractivity (Wildman–Crippen MR) is 164 cm³/mol. The lowest BCUT2D eigenvalue weighted by molar-refractivity contribution is 0.660. The Hall–Kier alpha value is -4.16. The molecule has 0 bridgehead atoms. The van der Waals surface area contributed by atoms with E-state index in [0.29, 0.717) is 0 Å². The fraction of sp³-hybridized carbons (Fsp3) is 0.158. The molecule has 1 aliphatic carbocycles. The van der Waals surface area contributed by atoms with Gasteiger partial charge in [0.25, 0.3) is 0 Å². The predicted octanol–water partition coefficient (Wildman–Crippen LogP) is 10.6. The number of benzene rings is 6. The van der Waals surface area contributed by atoms with Crippen molar-refractivity contribution in [1.29, 1.82) is 0 Å². The Morgan fingerprint density at radius 1 is 0.421 bits per heavy atom. The number of aryl methyl sites for hydroxylation is 3. The molecule has 0 N–H and O–H groups in total. The van der Waals surface area contributed by atoms with Gasteiger partial charge in [-0.3, -0.25) is 0 Å².